The van der Waals surface area contributed by atoms with E-state index in [0.29, 0.717) is 0 Å². The molecule has 0 amide bonds. The molecule has 0 fully saturated rings. The SMILES string of the molecule is CCCN(CCC)[P+](N(C)C)(N(C)C)N(C)C. The van der Waals surface area contributed by atoms with Crippen molar-refractivity contribution in [1.82, 2.24) is 18.7 Å². The molecule has 5 heteroatoms. The molecule has 0 bridgehead atoms. The Labute approximate surface area is 109 Å². The zero-order valence-electron chi connectivity index (χ0n) is 13.1. The summed E-state index contributed by atoms with van der Waals surface area (Å²) in [6.45, 7) is 6.85. The lowest BCUT2D eigenvalue weighted by Crippen LogP contribution is -2.47. The molecular weight excluding hydrogens is 231 g/mol. The van der Waals surface area contributed by atoms with Crippen LogP contribution in [0.4, 0.5) is 0 Å². The van der Waals surface area contributed by atoms with Crippen LogP contribution in [-0.2, 0) is 0 Å². The summed E-state index contributed by atoms with van der Waals surface area (Å²) in [6.07, 6.45) is 2.41. The molecule has 0 saturated carbocycles. The zero-order chi connectivity index (χ0) is 13.6. The van der Waals surface area contributed by atoms with E-state index in [9.17, 15) is 0 Å². The Morgan fingerprint density at radius 2 is 0.941 bits per heavy atom. The summed E-state index contributed by atoms with van der Waals surface area (Å²) in [5.41, 5.74) is 0. The van der Waals surface area contributed by atoms with E-state index < -0.39 is 7.87 Å². The third kappa shape index (κ3) is 3.62. The fourth-order valence-corrected chi connectivity index (χ4v) is 7.33. The van der Waals surface area contributed by atoms with Gasteiger partial charge < -0.3 is 0 Å². The maximum Gasteiger partial charge on any atom is 0.307 e. The Bertz CT molecular complexity index is 179. The molecule has 0 unspecified atom stereocenters. The van der Waals surface area contributed by atoms with Crippen LogP contribution in [0.15, 0.2) is 0 Å². The molecule has 17 heavy (non-hydrogen) atoms. The van der Waals surface area contributed by atoms with Crippen molar-refractivity contribution in [3.05, 3.63) is 0 Å². The summed E-state index contributed by atoms with van der Waals surface area (Å²) in [4.78, 5) is 0. The minimum absolute atomic E-state index is 1.16. The first-order chi connectivity index (χ1) is 7.85. The Hall–Kier alpha value is 0.270. The normalized spacial score (nSPS) is 13.4. The van der Waals surface area contributed by atoms with Crippen molar-refractivity contribution in [1.29, 1.82) is 0 Å². The third-order valence-corrected chi connectivity index (χ3v) is 7.33. The van der Waals surface area contributed by atoms with E-state index in [2.05, 4.69) is 74.8 Å². The number of rotatable bonds is 8. The van der Waals surface area contributed by atoms with Gasteiger partial charge in [-0.25, -0.2) is 0 Å². The van der Waals surface area contributed by atoms with Gasteiger partial charge >= 0.3 is 7.87 Å². The van der Waals surface area contributed by atoms with E-state index in [1.807, 2.05) is 0 Å². The largest absolute Gasteiger partial charge is 0.307 e. The lowest BCUT2D eigenvalue weighted by Gasteiger charge is -2.45. The molecule has 0 aliphatic heterocycles. The fourth-order valence-electron chi connectivity index (χ4n) is 2.73. The quantitative estimate of drug-likeness (QED) is 0.624. The smallest absolute Gasteiger partial charge is 0.139 e. The van der Waals surface area contributed by atoms with E-state index in [1.165, 1.54) is 12.8 Å². The van der Waals surface area contributed by atoms with Gasteiger partial charge in [0.25, 0.3) is 0 Å². The first kappa shape index (κ1) is 17.3. The monoisotopic (exact) mass is 263 g/mol. The minimum atomic E-state index is -1.52. The average Bonchev–Trinajstić information content (AvgIpc) is 2.17. The Morgan fingerprint density at radius 3 is 1.12 bits per heavy atom. The molecule has 0 aromatic rings. The van der Waals surface area contributed by atoms with Crippen LogP contribution in [0.1, 0.15) is 26.7 Å². The van der Waals surface area contributed by atoms with Gasteiger partial charge in [-0.2, -0.15) is 0 Å². The number of nitrogens with zero attached hydrogens (tertiary/aromatic N) is 4. The van der Waals surface area contributed by atoms with Crippen LogP contribution in [0, 0.1) is 0 Å². The molecule has 0 aromatic carbocycles. The summed E-state index contributed by atoms with van der Waals surface area (Å²) in [5, 5.41) is 0. The predicted octanol–water partition coefficient (Wildman–Crippen LogP) is 2.47. The maximum atomic E-state index is 2.66. The highest BCUT2D eigenvalue weighted by Gasteiger charge is 2.53. The van der Waals surface area contributed by atoms with Crippen molar-refractivity contribution < 1.29 is 0 Å². The second kappa shape index (κ2) is 7.65. The van der Waals surface area contributed by atoms with Gasteiger partial charge in [-0.15, -0.1) is 18.7 Å². The second-order valence-electron chi connectivity index (χ2n) is 5.03. The van der Waals surface area contributed by atoms with Gasteiger partial charge in [-0.05, 0) is 12.8 Å². The molecule has 104 valence electrons. The lowest BCUT2D eigenvalue weighted by molar-refractivity contribution is 0.322. The molecule has 4 nitrogen and oxygen atoms in total. The first-order valence-electron chi connectivity index (χ1n) is 6.53. The molecule has 0 radical (unpaired) electrons. The van der Waals surface area contributed by atoms with Gasteiger partial charge in [-0.1, -0.05) is 13.8 Å². The molecule has 0 rings (SSSR count). The summed E-state index contributed by atoms with van der Waals surface area (Å²) < 4.78 is 9.86. The molecule has 0 saturated heterocycles. The zero-order valence-corrected chi connectivity index (χ0v) is 14.0. The highest BCUT2D eigenvalue weighted by molar-refractivity contribution is 7.66. The molecule has 0 N–H and O–H groups in total. The summed E-state index contributed by atoms with van der Waals surface area (Å²) in [7, 11) is 11.7. The van der Waals surface area contributed by atoms with Gasteiger partial charge in [0.2, 0.25) is 0 Å². The van der Waals surface area contributed by atoms with E-state index >= 15 is 0 Å². The standard InChI is InChI=1S/C12H32N4P/c1-9-11-16(12-10-2)17(13(3)4,14(5)6)15(7)8/h9-12H2,1-8H3/q+1. The van der Waals surface area contributed by atoms with E-state index in [0.717, 1.165) is 13.1 Å². The van der Waals surface area contributed by atoms with E-state index in [-0.39, 0.29) is 0 Å². The van der Waals surface area contributed by atoms with Gasteiger partial charge in [0.15, 0.2) is 0 Å². The second-order valence-corrected chi connectivity index (χ2v) is 9.07. The Kier molecular flexibility index (Phi) is 7.77. The third-order valence-electron chi connectivity index (χ3n) is 2.95. The molecule has 0 aliphatic rings. The summed E-state index contributed by atoms with van der Waals surface area (Å²) in [5.74, 6) is 0. The highest BCUT2D eigenvalue weighted by Crippen LogP contribution is 2.66. The van der Waals surface area contributed by atoms with Crippen LogP contribution in [0.25, 0.3) is 0 Å². The number of hydrogen-bond donors (Lipinski definition) is 0. The Balaban J connectivity index is 5.35. The van der Waals surface area contributed by atoms with Gasteiger partial charge in [0.05, 0.1) is 0 Å². The molecule has 0 spiro atoms. The highest BCUT2D eigenvalue weighted by atomic mass is 31.2. The summed E-state index contributed by atoms with van der Waals surface area (Å²) in [6, 6.07) is 0. The van der Waals surface area contributed by atoms with Crippen molar-refractivity contribution in [3.8, 4) is 0 Å². The van der Waals surface area contributed by atoms with Crippen molar-refractivity contribution in [2.75, 3.05) is 55.4 Å². The van der Waals surface area contributed by atoms with Crippen LogP contribution in [-0.4, -0.2) is 74.1 Å². The topological polar surface area (TPSA) is 13.0 Å². The van der Waals surface area contributed by atoms with Crippen LogP contribution >= 0.6 is 7.87 Å². The van der Waals surface area contributed by atoms with Crippen LogP contribution in [0.5, 0.6) is 0 Å². The maximum absolute atomic E-state index is 2.66. The van der Waals surface area contributed by atoms with Crippen molar-refractivity contribution >= 4 is 7.87 Å². The van der Waals surface area contributed by atoms with Gasteiger partial charge in [0, 0.05) is 55.4 Å². The van der Waals surface area contributed by atoms with Crippen molar-refractivity contribution in [2.24, 2.45) is 0 Å². The molecule has 0 aromatic heterocycles. The molecule has 0 heterocycles. The summed E-state index contributed by atoms with van der Waals surface area (Å²) >= 11 is 0. The van der Waals surface area contributed by atoms with E-state index in [4.69, 9.17) is 0 Å². The van der Waals surface area contributed by atoms with E-state index in [1.54, 1.807) is 0 Å². The van der Waals surface area contributed by atoms with Crippen LogP contribution in [0.3, 0.4) is 0 Å². The molecular formula is C12H32N4P+. The lowest BCUT2D eigenvalue weighted by atomic mass is 10.4. The predicted molar refractivity (Wildman–Crippen MR) is 80.1 cm³/mol. The van der Waals surface area contributed by atoms with Crippen molar-refractivity contribution in [3.63, 3.8) is 0 Å². The molecule has 0 atom stereocenters. The van der Waals surface area contributed by atoms with Crippen LogP contribution in [0.2, 0.25) is 0 Å². The van der Waals surface area contributed by atoms with Gasteiger partial charge in [0.1, 0.15) is 0 Å². The minimum Gasteiger partial charge on any atom is -0.139 e. The Morgan fingerprint density at radius 1 is 0.647 bits per heavy atom. The number of hydrogen-bond acceptors (Lipinski definition) is 4. The average molecular weight is 263 g/mol. The first-order valence-corrected chi connectivity index (χ1v) is 8.13. The fraction of sp³-hybridized carbons (Fsp3) is 1.00. The van der Waals surface area contributed by atoms with Gasteiger partial charge in [-0.3, -0.25) is 0 Å². The molecule has 0 aliphatic carbocycles. The van der Waals surface area contributed by atoms with Crippen molar-refractivity contribution in [2.45, 2.75) is 26.7 Å². The van der Waals surface area contributed by atoms with Crippen LogP contribution < -0.4 is 0 Å².